The van der Waals surface area contributed by atoms with Crippen molar-refractivity contribution in [2.75, 3.05) is 0 Å². The Hall–Kier alpha value is -1.54. The monoisotopic (exact) mass is 274 g/mol. The van der Waals surface area contributed by atoms with Crippen molar-refractivity contribution in [3.05, 3.63) is 28.0 Å². The van der Waals surface area contributed by atoms with Crippen molar-refractivity contribution in [2.24, 2.45) is 5.73 Å². The zero-order valence-corrected chi connectivity index (χ0v) is 10.8. The van der Waals surface area contributed by atoms with E-state index in [4.69, 9.17) is 15.3 Å². The normalized spacial score (nSPS) is 13.3. The molecule has 1 aromatic heterocycles. The number of nitrogens with two attached hydrogens (primary N) is 1. The van der Waals surface area contributed by atoms with Crippen molar-refractivity contribution in [3.63, 3.8) is 0 Å². The Balaban J connectivity index is 2.63. The summed E-state index contributed by atoms with van der Waals surface area (Å²) in [5.41, 5.74) is 5.55. The molecule has 0 fully saturated rings. The first-order valence-electron chi connectivity index (χ1n) is 5.09. The molecule has 0 spiro atoms. The molecule has 0 aliphatic heterocycles. The Morgan fingerprint density at radius 3 is 2.72 bits per heavy atom. The summed E-state index contributed by atoms with van der Waals surface area (Å²) in [6.45, 7) is 3.40. The summed E-state index contributed by atoms with van der Waals surface area (Å²) >= 11 is 1.27. The Morgan fingerprint density at radius 2 is 2.28 bits per heavy atom. The maximum absolute atomic E-state index is 10.8. The van der Waals surface area contributed by atoms with E-state index in [-0.39, 0.29) is 5.88 Å². The van der Waals surface area contributed by atoms with Gasteiger partial charge in [0.15, 0.2) is 0 Å². The van der Waals surface area contributed by atoms with Gasteiger partial charge in [-0.1, -0.05) is 0 Å². The number of carbonyl (C=O) groups is 1. The summed E-state index contributed by atoms with van der Waals surface area (Å²) in [5.74, 6) is -0.678. The molecular formula is C10H14N2O5S. The van der Waals surface area contributed by atoms with Gasteiger partial charge < -0.3 is 15.3 Å². The fourth-order valence-corrected chi connectivity index (χ4v) is 2.14. The van der Waals surface area contributed by atoms with Gasteiger partial charge in [0.2, 0.25) is 0 Å². The molecular weight excluding hydrogens is 260 g/mol. The SMILES string of the molecule is CC(C)(SCc1ccc([N+](=O)[O-])o1)[C@H](N)C(=O)O. The molecule has 7 nitrogen and oxygen atoms in total. The largest absolute Gasteiger partial charge is 0.480 e. The molecule has 1 aromatic rings. The molecule has 0 saturated carbocycles. The number of nitro groups is 1. The van der Waals surface area contributed by atoms with Crippen molar-refractivity contribution in [1.29, 1.82) is 0 Å². The fraction of sp³-hybridized carbons (Fsp3) is 0.500. The van der Waals surface area contributed by atoms with Crippen molar-refractivity contribution in [3.8, 4) is 0 Å². The van der Waals surface area contributed by atoms with Crippen LogP contribution < -0.4 is 5.73 Å². The summed E-state index contributed by atoms with van der Waals surface area (Å²) in [6, 6.07) is 1.74. The van der Waals surface area contributed by atoms with Crippen molar-refractivity contribution in [1.82, 2.24) is 0 Å². The summed E-state index contributed by atoms with van der Waals surface area (Å²) < 4.78 is 4.27. The third-order valence-electron chi connectivity index (χ3n) is 2.43. The Labute approximate surface area is 107 Å². The standard InChI is InChI=1S/C10H14N2O5S/c1-10(2,8(11)9(13)14)18-5-6-3-4-7(17-6)12(15)16/h3-4,8H,5,11H2,1-2H3,(H,13,14)/t8-/m1/s1. The van der Waals surface area contributed by atoms with Gasteiger partial charge in [0.05, 0.1) is 11.8 Å². The summed E-state index contributed by atoms with van der Waals surface area (Å²) in [7, 11) is 0. The van der Waals surface area contributed by atoms with Gasteiger partial charge in [0, 0.05) is 4.75 Å². The first kappa shape index (κ1) is 14.5. The number of hydrogen-bond donors (Lipinski definition) is 2. The number of furan rings is 1. The van der Waals surface area contributed by atoms with Crippen molar-refractivity contribution >= 4 is 23.6 Å². The minimum atomic E-state index is -1.09. The smallest absolute Gasteiger partial charge is 0.433 e. The van der Waals surface area contributed by atoms with Gasteiger partial charge in [-0.3, -0.25) is 14.9 Å². The van der Waals surface area contributed by atoms with Crippen LogP contribution in [0.4, 0.5) is 5.88 Å². The molecule has 0 bridgehead atoms. The first-order chi connectivity index (χ1) is 8.24. The molecule has 100 valence electrons. The Kier molecular flexibility index (Phi) is 4.36. The van der Waals surface area contributed by atoms with Crippen LogP contribution in [0.15, 0.2) is 16.5 Å². The van der Waals surface area contributed by atoms with Gasteiger partial charge in [0.25, 0.3) is 0 Å². The van der Waals surface area contributed by atoms with E-state index in [1.165, 1.54) is 23.9 Å². The van der Waals surface area contributed by atoms with Crippen molar-refractivity contribution in [2.45, 2.75) is 30.4 Å². The van der Waals surface area contributed by atoms with Crippen LogP contribution in [0.25, 0.3) is 0 Å². The first-order valence-corrected chi connectivity index (χ1v) is 6.08. The third kappa shape index (κ3) is 3.47. The molecule has 0 amide bonds. The van der Waals surface area contributed by atoms with Gasteiger partial charge in [-0.15, -0.1) is 11.8 Å². The molecule has 0 aliphatic carbocycles. The van der Waals surface area contributed by atoms with E-state index in [0.717, 1.165) is 0 Å². The summed E-state index contributed by atoms with van der Waals surface area (Å²) in [6.07, 6.45) is 0. The topological polar surface area (TPSA) is 120 Å². The molecule has 0 radical (unpaired) electrons. The molecule has 0 aliphatic rings. The molecule has 18 heavy (non-hydrogen) atoms. The number of carboxylic acid groups (broad SMARTS) is 1. The van der Waals surface area contributed by atoms with Crippen LogP contribution >= 0.6 is 11.8 Å². The molecule has 0 aromatic carbocycles. The van der Waals surface area contributed by atoms with Crippen LogP contribution in [-0.4, -0.2) is 26.8 Å². The highest BCUT2D eigenvalue weighted by Gasteiger charge is 2.32. The second kappa shape index (κ2) is 5.40. The maximum Gasteiger partial charge on any atom is 0.433 e. The zero-order valence-electron chi connectivity index (χ0n) is 9.95. The van der Waals surface area contributed by atoms with E-state index < -0.39 is 21.7 Å². The number of rotatable bonds is 6. The fourth-order valence-electron chi connectivity index (χ4n) is 1.19. The highest BCUT2D eigenvalue weighted by atomic mass is 32.2. The average Bonchev–Trinajstić information content (AvgIpc) is 2.74. The lowest BCUT2D eigenvalue weighted by Crippen LogP contribution is -2.46. The van der Waals surface area contributed by atoms with E-state index in [2.05, 4.69) is 0 Å². The number of nitrogens with zero attached hydrogens (tertiary/aromatic N) is 1. The lowest BCUT2D eigenvalue weighted by molar-refractivity contribution is -0.402. The predicted molar refractivity (Wildman–Crippen MR) is 66.3 cm³/mol. The molecule has 1 atom stereocenters. The van der Waals surface area contributed by atoms with E-state index in [1.807, 2.05) is 0 Å². The Morgan fingerprint density at radius 1 is 1.67 bits per heavy atom. The van der Waals surface area contributed by atoms with Gasteiger partial charge in [-0.25, -0.2) is 0 Å². The zero-order chi connectivity index (χ0) is 13.9. The van der Waals surface area contributed by atoms with E-state index in [0.29, 0.717) is 11.5 Å². The summed E-state index contributed by atoms with van der Waals surface area (Å²) in [5, 5.41) is 19.3. The Bertz CT molecular complexity index is 457. The van der Waals surface area contributed by atoms with E-state index >= 15 is 0 Å². The van der Waals surface area contributed by atoms with Gasteiger partial charge in [-0.2, -0.15) is 0 Å². The number of carboxylic acids is 1. The average molecular weight is 274 g/mol. The minimum absolute atomic E-state index is 0.321. The van der Waals surface area contributed by atoms with Crippen LogP contribution in [0.2, 0.25) is 0 Å². The number of hydrogen-bond acceptors (Lipinski definition) is 6. The highest BCUT2D eigenvalue weighted by molar-refractivity contribution is 7.99. The maximum atomic E-state index is 10.8. The predicted octanol–water partition coefficient (Wildman–Crippen LogP) is 1.61. The molecule has 0 saturated heterocycles. The molecule has 0 unspecified atom stereocenters. The second-order valence-electron chi connectivity index (χ2n) is 4.21. The van der Waals surface area contributed by atoms with E-state index in [9.17, 15) is 14.9 Å². The molecule has 3 N–H and O–H groups in total. The lowest BCUT2D eigenvalue weighted by Gasteiger charge is -2.27. The minimum Gasteiger partial charge on any atom is -0.480 e. The van der Waals surface area contributed by atoms with Crippen LogP contribution in [0, 0.1) is 10.1 Å². The second-order valence-corrected chi connectivity index (χ2v) is 5.83. The van der Waals surface area contributed by atoms with E-state index in [1.54, 1.807) is 13.8 Å². The van der Waals surface area contributed by atoms with Crippen LogP contribution in [0.1, 0.15) is 19.6 Å². The van der Waals surface area contributed by atoms with Gasteiger partial charge in [0.1, 0.15) is 16.7 Å². The van der Waals surface area contributed by atoms with Crippen LogP contribution in [0.3, 0.4) is 0 Å². The van der Waals surface area contributed by atoms with Crippen molar-refractivity contribution < 1.29 is 19.2 Å². The summed E-state index contributed by atoms with van der Waals surface area (Å²) in [4.78, 5) is 20.6. The van der Waals surface area contributed by atoms with Gasteiger partial charge in [-0.05, 0) is 19.9 Å². The van der Waals surface area contributed by atoms with Crippen LogP contribution in [-0.2, 0) is 10.5 Å². The lowest BCUT2D eigenvalue weighted by atomic mass is 10.1. The molecule has 1 heterocycles. The van der Waals surface area contributed by atoms with Crippen LogP contribution in [0.5, 0.6) is 0 Å². The number of aliphatic carboxylic acids is 1. The molecule has 8 heteroatoms. The highest BCUT2D eigenvalue weighted by Crippen LogP contribution is 2.31. The van der Waals surface area contributed by atoms with Gasteiger partial charge >= 0.3 is 11.9 Å². The third-order valence-corrected chi connectivity index (χ3v) is 3.86. The molecule has 1 rings (SSSR count). The number of thioether (sulfide) groups is 1. The quantitative estimate of drug-likeness (QED) is 0.597.